The first-order valence-electron chi connectivity index (χ1n) is 9.94. The minimum atomic E-state index is -0.612. The second-order valence-corrected chi connectivity index (χ2v) is 7.59. The lowest BCUT2D eigenvalue weighted by Gasteiger charge is -2.30. The van der Waals surface area contributed by atoms with Gasteiger partial charge in [0, 0.05) is 18.3 Å². The van der Waals surface area contributed by atoms with Crippen LogP contribution in [0.3, 0.4) is 0 Å². The topological polar surface area (TPSA) is 93.9 Å². The van der Waals surface area contributed by atoms with Crippen molar-refractivity contribution in [1.29, 1.82) is 0 Å². The van der Waals surface area contributed by atoms with E-state index in [4.69, 9.17) is 9.47 Å². The van der Waals surface area contributed by atoms with Gasteiger partial charge in [0.05, 0.1) is 25.2 Å². The number of nitrogens with zero attached hydrogens (tertiary/aromatic N) is 2. The van der Waals surface area contributed by atoms with E-state index in [1.54, 1.807) is 0 Å². The van der Waals surface area contributed by atoms with Crippen molar-refractivity contribution in [3.8, 4) is 11.5 Å². The molecule has 160 valence electrons. The number of rotatable bonds is 7. The standard InChI is InChI=1S/C22H27N3O5/c1-15-8-10-24(11-9-15)14-16-4-6-17(7-5-16)23-22(26)18-12-20(29-2)21(30-3)13-19(18)25(27)28/h4-7,12-13,15H,8-11,14H2,1-3H3,(H,23,26). The number of hydrogen-bond acceptors (Lipinski definition) is 6. The van der Waals surface area contributed by atoms with Gasteiger partial charge in [-0.2, -0.15) is 0 Å². The number of amides is 1. The fraction of sp³-hybridized carbons (Fsp3) is 0.409. The normalized spacial score (nSPS) is 14.9. The quantitative estimate of drug-likeness (QED) is 0.543. The maximum absolute atomic E-state index is 12.7. The Morgan fingerprint density at radius 2 is 1.73 bits per heavy atom. The van der Waals surface area contributed by atoms with Crippen LogP contribution in [-0.2, 0) is 6.54 Å². The minimum absolute atomic E-state index is 0.0934. The Morgan fingerprint density at radius 1 is 1.13 bits per heavy atom. The zero-order valence-electron chi connectivity index (χ0n) is 17.5. The summed E-state index contributed by atoms with van der Waals surface area (Å²) in [6, 6.07) is 10.1. The van der Waals surface area contributed by atoms with Gasteiger partial charge in [0.2, 0.25) is 0 Å². The van der Waals surface area contributed by atoms with Gasteiger partial charge >= 0.3 is 0 Å². The molecule has 1 N–H and O–H groups in total. The lowest BCUT2D eigenvalue weighted by Crippen LogP contribution is -2.32. The molecule has 30 heavy (non-hydrogen) atoms. The summed E-state index contributed by atoms with van der Waals surface area (Å²) < 4.78 is 10.3. The third-order valence-electron chi connectivity index (χ3n) is 5.44. The van der Waals surface area contributed by atoms with Crippen LogP contribution in [0.15, 0.2) is 36.4 Å². The molecule has 8 heteroatoms. The highest BCUT2D eigenvalue weighted by Gasteiger charge is 2.24. The molecule has 1 fully saturated rings. The number of likely N-dealkylation sites (tertiary alicyclic amines) is 1. The van der Waals surface area contributed by atoms with Gasteiger partial charge in [0.1, 0.15) is 5.56 Å². The summed E-state index contributed by atoms with van der Waals surface area (Å²) in [5.74, 6) is 0.650. The number of nitrogens with one attached hydrogen (secondary N) is 1. The third-order valence-corrected chi connectivity index (χ3v) is 5.44. The van der Waals surface area contributed by atoms with Gasteiger partial charge in [-0.05, 0) is 49.5 Å². The summed E-state index contributed by atoms with van der Waals surface area (Å²) in [5.41, 5.74) is 1.30. The fourth-order valence-electron chi connectivity index (χ4n) is 3.57. The van der Waals surface area contributed by atoms with Crippen LogP contribution in [0.25, 0.3) is 0 Å². The molecule has 1 amide bonds. The summed E-state index contributed by atoms with van der Waals surface area (Å²) >= 11 is 0. The molecule has 1 aliphatic heterocycles. The third kappa shape index (κ3) is 5.07. The smallest absolute Gasteiger partial charge is 0.286 e. The average Bonchev–Trinajstić information content (AvgIpc) is 2.75. The second-order valence-electron chi connectivity index (χ2n) is 7.59. The zero-order valence-corrected chi connectivity index (χ0v) is 17.5. The molecular weight excluding hydrogens is 386 g/mol. The van der Waals surface area contributed by atoms with Crippen LogP contribution < -0.4 is 14.8 Å². The van der Waals surface area contributed by atoms with E-state index in [0.29, 0.717) is 5.69 Å². The molecule has 2 aromatic rings. The van der Waals surface area contributed by atoms with E-state index in [1.807, 2.05) is 24.3 Å². The van der Waals surface area contributed by atoms with Gasteiger partial charge in [-0.3, -0.25) is 19.8 Å². The summed E-state index contributed by atoms with van der Waals surface area (Å²) in [6.07, 6.45) is 2.44. The Kier molecular flexibility index (Phi) is 6.89. The number of methoxy groups -OCH3 is 2. The minimum Gasteiger partial charge on any atom is -0.493 e. The van der Waals surface area contributed by atoms with Crippen molar-refractivity contribution in [2.24, 2.45) is 5.92 Å². The van der Waals surface area contributed by atoms with E-state index in [9.17, 15) is 14.9 Å². The highest BCUT2D eigenvalue weighted by atomic mass is 16.6. The van der Waals surface area contributed by atoms with Crippen LogP contribution in [-0.4, -0.2) is 43.0 Å². The molecule has 1 aliphatic rings. The maximum Gasteiger partial charge on any atom is 0.286 e. The van der Waals surface area contributed by atoms with Gasteiger partial charge in [-0.25, -0.2) is 0 Å². The van der Waals surface area contributed by atoms with Crippen molar-refractivity contribution in [3.05, 3.63) is 57.6 Å². The number of anilines is 1. The lowest BCUT2D eigenvalue weighted by molar-refractivity contribution is -0.385. The molecule has 1 heterocycles. The Bertz CT molecular complexity index is 906. The van der Waals surface area contributed by atoms with Gasteiger partial charge in [0.25, 0.3) is 11.6 Å². The predicted octanol–water partition coefficient (Wildman–Crippen LogP) is 4.10. The average molecular weight is 413 g/mol. The molecule has 2 aromatic carbocycles. The van der Waals surface area contributed by atoms with Gasteiger partial charge in [0.15, 0.2) is 11.5 Å². The zero-order chi connectivity index (χ0) is 21.7. The molecule has 1 saturated heterocycles. The molecule has 0 saturated carbocycles. The van der Waals surface area contributed by atoms with E-state index in [0.717, 1.165) is 25.6 Å². The van der Waals surface area contributed by atoms with Gasteiger partial charge in [-0.15, -0.1) is 0 Å². The molecule has 0 spiro atoms. The number of carbonyl (C=O) groups is 1. The molecule has 0 unspecified atom stereocenters. The van der Waals surface area contributed by atoms with Crippen molar-refractivity contribution in [2.45, 2.75) is 26.3 Å². The number of benzene rings is 2. The van der Waals surface area contributed by atoms with E-state index in [2.05, 4.69) is 17.1 Å². The van der Waals surface area contributed by atoms with Crippen molar-refractivity contribution in [1.82, 2.24) is 4.90 Å². The van der Waals surface area contributed by atoms with Gasteiger partial charge in [-0.1, -0.05) is 19.1 Å². The molecule has 0 bridgehead atoms. The van der Waals surface area contributed by atoms with Crippen molar-refractivity contribution in [3.63, 3.8) is 0 Å². The molecule has 0 radical (unpaired) electrons. The van der Waals surface area contributed by atoms with Crippen molar-refractivity contribution in [2.75, 3.05) is 32.6 Å². The van der Waals surface area contributed by atoms with E-state index in [1.165, 1.54) is 44.8 Å². The lowest BCUT2D eigenvalue weighted by atomic mass is 9.99. The number of nitro benzene ring substituents is 1. The Labute approximate surface area is 175 Å². The summed E-state index contributed by atoms with van der Waals surface area (Å²) in [7, 11) is 2.79. The summed E-state index contributed by atoms with van der Waals surface area (Å²) in [5, 5.41) is 14.2. The van der Waals surface area contributed by atoms with E-state index >= 15 is 0 Å². The molecule has 0 atom stereocenters. The molecule has 0 aliphatic carbocycles. The van der Waals surface area contributed by atoms with Crippen molar-refractivity contribution < 1.29 is 19.2 Å². The molecular formula is C22H27N3O5. The number of ether oxygens (including phenoxy) is 2. The Morgan fingerprint density at radius 3 is 2.30 bits per heavy atom. The predicted molar refractivity (Wildman–Crippen MR) is 114 cm³/mol. The van der Waals surface area contributed by atoms with Crippen LogP contribution in [0.1, 0.15) is 35.7 Å². The van der Waals surface area contributed by atoms with Crippen LogP contribution >= 0.6 is 0 Å². The molecule has 0 aromatic heterocycles. The molecule has 8 nitrogen and oxygen atoms in total. The van der Waals surface area contributed by atoms with Gasteiger partial charge < -0.3 is 14.8 Å². The van der Waals surface area contributed by atoms with Crippen LogP contribution in [0, 0.1) is 16.0 Å². The first kappa shape index (κ1) is 21.6. The number of piperidine rings is 1. The highest BCUT2D eigenvalue weighted by Crippen LogP contribution is 2.34. The highest BCUT2D eigenvalue weighted by molar-refractivity contribution is 6.07. The van der Waals surface area contributed by atoms with Crippen LogP contribution in [0.2, 0.25) is 0 Å². The second kappa shape index (κ2) is 9.58. The first-order chi connectivity index (χ1) is 14.4. The first-order valence-corrected chi connectivity index (χ1v) is 9.94. The number of hydrogen-bond donors (Lipinski definition) is 1. The number of nitro groups is 1. The Balaban J connectivity index is 1.72. The Hall–Kier alpha value is -3.13. The van der Waals surface area contributed by atoms with E-state index in [-0.39, 0.29) is 22.7 Å². The fourth-order valence-corrected chi connectivity index (χ4v) is 3.57. The summed E-state index contributed by atoms with van der Waals surface area (Å²) in [4.78, 5) is 26.0. The molecule has 3 rings (SSSR count). The number of carbonyl (C=O) groups excluding carboxylic acids is 1. The maximum atomic E-state index is 12.7. The van der Waals surface area contributed by atoms with Crippen LogP contribution in [0.5, 0.6) is 11.5 Å². The largest absolute Gasteiger partial charge is 0.493 e. The summed E-state index contributed by atoms with van der Waals surface area (Å²) in [6.45, 7) is 5.37. The van der Waals surface area contributed by atoms with E-state index < -0.39 is 10.8 Å². The van der Waals surface area contributed by atoms with Crippen molar-refractivity contribution >= 4 is 17.3 Å². The SMILES string of the molecule is COc1cc(C(=O)Nc2ccc(CN3CCC(C)CC3)cc2)c([N+](=O)[O-])cc1OC. The monoisotopic (exact) mass is 413 g/mol. The van der Waals surface area contributed by atoms with Crippen LogP contribution in [0.4, 0.5) is 11.4 Å².